The van der Waals surface area contributed by atoms with E-state index in [4.69, 9.17) is 0 Å². The van der Waals surface area contributed by atoms with Crippen LogP contribution < -0.4 is 5.32 Å². The number of H-pyrrole nitrogens is 1. The quantitative estimate of drug-likeness (QED) is 0.282. The zero-order valence-corrected chi connectivity index (χ0v) is 18.4. The number of para-hydroxylation sites is 1. The molecular weight excluding hydrogens is 388 g/mol. The summed E-state index contributed by atoms with van der Waals surface area (Å²) in [4.78, 5) is 3.49. The number of hydrogen-bond donors (Lipinski definition) is 2. The Morgan fingerprint density at radius 1 is 0.875 bits per heavy atom. The van der Waals surface area contributed by atoms with Crippen LogP contribution >= 0.6 is 0 Å². The molecular formula is C30H28N2. The predicted octanol–water partition coefficient (Wildman–Crippen LogP) is 7.79. The van der Waals surface area contributed by atoms with E-state index in [1.165, 1.54) is 27.4 Å². The number of nitrogens with one attached hydrogen (secondary N) is 2. The predicted molar refractivity (Wildman–Crippen MR) is 141 cm³/mol. The van der Waals surface area contributed by atoms with Crippen molar-refractivity contribution in [3.8, 4) is 11.1 Å². The van der Waals surface area contributed by atoms with E-state index < -0.39 is 0 Å². The van der Waals surface area contributed by atoms with E-state index in [-0.39, 0.29) is 0 Å². The van der Waals surface area contributed by atoms with Gasteiger partial charge in [0.1, 0.15) is 0 Å². The van der Waals surface area contributed by atoms with Crippen molar-refractivity contribution in [1.29, 1.82) is 0 Å². The number of fused-ring (bicyclic) bond motifs is 3. The number of aromatic amines is 1. The molecule has 32 heavy (non-hydrogen) atoms. The van der Waals surface area contributed by atoms with Crippen LogP contribution in [0.5, 0.6) is 0 Å². The molecule has 2 heteroatoms. The van der Waals surface area contributed by atoms with Crippen LogP contribution in [0, 0.1) is 0 Å². The molecule has 158 valence electrons. The Bertz CT molecular complexity index is 1340. The highest BCUT2D eigenvalue weighted by Gasteiger charge is 2.07. The highest BCUT2D eigenvalue weighted by atomic mass is 14.9. The maximum absolute atomic E-state index is 3.91. The normalized spacial score (nSPS) is 12.5. The van der Waals surface area contributed by atoms with E-state index in [9.17, 15) is 0 Å². The van der Waals surface area contributed by atoms with Gasteiger partial charge in [-0.3, -0.25) is 0 Å². The van der Waals surface area contributed by atoms with Gasteiger partial charge in [0.25, 0.3) is 0 Å². The number of hydrogen-bond acceptors (Lipinski definition) is 1. The third-order valence-electron chi connectivity index (χ3n) is 5.57. The second-order valence-corrected chi connectivity index (χ2v) is 7.65. The van der Waals surface area contributed by atoms with Crippen molar-refractivity contribution in [2.24, 2.45) is 0 Å². The molecule has 0 radical (unpaired) electrons. The molecule has 2 nitrogen and oxygen atoms in total. The van der Waals surface area contributed by atoms with Crippen molar-refractivity contribution >= 4 is 27.5 Å². The summed E-state index contributed by atoms with van der Waals surface area (Å²) < 4.78 is 0. The first-order valence-electron chi connectivity index (χ1n) is 10.9. The molecule has 0 aliphatic rings. The van der Waals surface area contributed by atoms with Gasteiger partial charge in [0.15, 0.2) is 0 Å². The van der Waals surface area contributed by atoms with Crippen molar-refractivity contribution in [2.75, 3.05) is 6.54 Å². The van der Waals surface area contributed by atoms with Crippen LogP contribution in [0.1, 0.15) is 12.5 Å². The van der Waals surface area contributed by atoms with Crippen molar-refractivity contribution in [1.82, 2.24) is 10.3 Å². The summed E-state index contributed by atoms with van der Waals surface area (Å²) in [6, 6.07) is 23.7. The van der Waals surface area contributed by atoms with E-state index >= 15 is 0 Å². The molecule has 0 aliphatic heterocycles. The minimum absolute atomic E-state index is 0.701. The highest BCUT2D eigenvalue weighted by Crippen LogP contribution is 2.30. The second kappa shape index (κ2) is 9.84. The molecule has 2 N–H and O–H groups in total. The monoisotopic (exact) mass is 416 g/mol. The number of aromatic nitrogens is 1. The molecule has 4 aromatic rings. The number of benzene rings is 3. The van der Waals surface area contributed by atoms with Crippen LogP contribution in [0.2, 0.25) is 0 Å². The molecule has 0 spiro atoms. The lowest BCUT2D eigenvalue weighted by atomic mass is 10.0. The molecule has 0 fully saturated rings. The molecule has 4 rings (SSSR count). The van der Waals surface area contributed by atoms with Crippen LogP contribution in [0.15, 0.2) is 122 Å². The Labute approximate surface area is 190 Å². The second-order valence-electron chi connectivity index (χ2n) is 7.65. The van der Waals surface area contributed by atoms with Crippen LogP contribution in [0.4, 0.5) is 0 Å². The Morgan fingerprint density at radius 2 is 1.62 bits per heavy atom. The maximum atomic E-state index is 3.91. The third-order valence-corrected chi connectivity index (χ3v) is 5.57. The van der Waals surface area contributed by atoms with Gasteiger partial charge in [0, 0.05) is 34.0 Å². The number of allylic oxidation sites excluding steroid dienone is 5. The van der Waals surface area contributed by atoms with E-state index in [0.717, 1.165) is 22.4 Å². The molecule has 0 saturated heterocycles. The summed E-state index contributed by atoms with van der Waals surface area (Å²) in [5, 5.41) is 6.02. The molecule has 0 amide bonds. The fourth-order valence-corrected chi connectivity index (χ4v) is 3.86. The average molecular weight is 417 g/mol. The van der Waals surface area contributed by atoms with Crippen molar-refractivity contribution in [3.63, 3.8) is 0 Å². The lowest BCUT2D eigenvalue weighted by Crippen LogP contribution is -2.15. The maximum Gasteiger partial charge on any atom is 0.0465 e. The van der Waals surface area contributed by atoms with E-state index in [2.05, 4.69) is 96.3 Å². The van der Waals surface area contributed by atoms with Gasteiger partial charge in [-0.05, 0) is 53.5 Å². The lowest BCUT2D eigenvalue weighted by Gasteiger charge is -2.12. The Morgan fingerprint density at radius 3 is 2.38 bits per heavy atom. The van der Waals surface area contributed by atoms with E-state index in [1.54, 1.807) is 0 Å². The molecule has 0 bridgehead atoms. The summed E-state index contributed by atoms with van der Waals surface area (Å²) >= 11 is 0. The Kier molecular flexibility index (Phi) is 6.52. The molecule has 1 aromatic heterocycles. The smallest absolute Gasteiger partial charge is 0.0465 e. The topological polar surface area (TPSA) is 27.8 Å². The zero-order chi connectivity index (χ0) is 22.3. The van der Waals surface area contributed by atoms with Gasteiger partial charge >= 0.3 is 0 Å². The molecule has 1 heterocycles. The summed E-state index contributed by atoms with van der Waals surface area (Å²) in [5.41, 5.74) is 8.02. The summed E-state index contributed by atoms with van der Waals surface area (Å²) in [6.45, 7) is 10.5. The van der Waals surface area contributed by atoms with Crippen molar-refractivity contribution in [3.05, 3.63) is 127 Å². The van der Waals surface area contributed by atoms with Crippen LogP contribution in [0.3, 0.4) is 0 Å². The first-order chi connectivity index (χ1) is 15.7. The van der Waals surface area contributed by atoms with Crippen molar-refractivity contribution < 1.29 is 0 Å². The van der Waals surface area contributed by atoms with E-state index in [0.29, 0.717) is 6.54 Å². The summed E-state index contributed by atoms with van der Waals surface area (Å²) in [6.07, 6.45) is 11.8. The molecule has 0 aliphatic carbocycles. The molecule has 0 unspecified atom stereocenters. The zero-order valence-electron chi connectivity index (χ0n) is 18.4. The minimum Gasteiger partial charge on any atom is -0.380 e. The van der Waals surface area contributed by atoms with Gasteiger partial charge in [0.05, 0.1) is 0 Å². The fourth-order valence-electron chi connectivity index (χ4n) is 3.86. The number of rotatable bonds is 8. The Hall–Kier alpha value is -4.04. The highest BCUT2D eigenvalue weighted by molar-refractivity contribution is 6.08. The third kappa shape index (κ3) is 4.50. The standard InChI is InChI=1S/C30H28N2/c1-4-7-11-22(6-3)21-31-28(10-5-2)24-16-14-23(15-17-24)25-18-19-30-27(20-25)26-12-8-9-13-29(26)32-30/h4-20,31-32H,2-3,21H2,1H3/b7-4-,22-11+,28-10-. The van der Waals surface area contributed by atoms with E-state index in [1.807, 2.05) is 37.3 Å². The van der Waals surface area contributed by atoms with Crippen molar-refractivity contribution in [2.45, 2.75) is 6.92 Å². The fraction of sp³-hybridized carbons (Fsp3) is 0.0667. The van der Waals surface area contributed by atoms with Gasteiger partial charge in [-0.1, -0.05) is 92.1 Å². The molecule has 0 atom stereocenters. The lowest BCUT2D eigenvalue weighted by molar-refractivity contribution is 0.977. The SMILES string of the molecule is C=C/C=C(\NC/C(C=C)=C/C=C\C)c1ccc(-c2ccc3[nH]c4ccccc4c3c2)cc1. The van der Waals surface area contributed by atoms with Crippen LogP contribution in [-0.4, -0.2) is 11.5 Å². The largest absolute Gasteiger partial charge is 0.380 e. The first kappa shape index (κ1) is 21.2. The summed E-state index contributed by atoms with van der Waals surface area (Å²) in [5.74, 6) is 0. The first-order valence-corrected chi connectivity index (χ1v) is 10.9. The van der Waals surface area contributed by atoms with Gasteiger partial charge in [0.2, 0.25) is 0 Å². The minimum atomic E-state index is 0.701. The van der Waals surface area contributed by atoms with Crippen LogP contribution in [-0.2, 0) is 0 Å². The molecule has 0 saturated carbocycles. The van der Waals surface area contributed by atoms with Gasteiger partial charge in [-0.15, -0.1) is 0 Å². The van der Waals surface area contributed by atoms with Crippen LogP contribution in [0.25, 0.3) is 38.6 Å². The average Bonchev–Trinajstić information content (AvgIpc) is 3.21. The van der Waals surface area contributed by atoms with Gasteiger partial charge < -0.3 is 10.3 Å². The van der Waals surface area contributed by atoms with Gasteiger partial charge in [-0.25, -0.2) is 0 Å². The Balaban J connectivity index is 1.59. The van der Waals surface area contributed by atoms with Gasteiger partial charge in [-0.2, -0.15) is 0 Å². The molecule has 3 aromatic carbocycles. The summed E-state index contributed by atoms with van der Waals surface area (Å²) in [7, 11) is 0.